The van der Waals surface area contributed by atoms with Crippen LogP contribution < -0.4 is 24.3 Å². The van der Waals surface area contributed by atoms with Gasteiger partial charge in [0.2, 0.25) is 6.79 Å². The lowest BCUT2D eigenvalue weighted by molar-refractivity contribution is 0.174. The van der Waals surface area contributed by atoms with E-state index in [2.05, 4.69) is 5.32 Å². The Morgan fingerprint density at radius 2 is 1.83 bits per heavy atom. The van der Waals surface area contributed by atoms with Crippen LogP contribution in [0.1, 0.15) is 11.1 Å². The van der Waals surface area contributed by atoms with Crippen molar-refractivity contribution in [3.05, 3.63) is 75.5 Å². The highest BCUT2D eigenvalue weighted by molar-refractivity contribution is 6.31. The summed E-state index contributed by atoms with van der Waals surface area (Å²) in [7, 11) is 1.53. The fourth-order valence-corrected chi connectivity index (χ4v) is 3.45. The molecule has 3 aromatic rings. The smallest absolute Gasteiger partial charge is 0.231 e. The third-order valence-electron chi connectivity index (χ3n) is 4.62. The number of hydrogen-bond donors (Lipinski definition) is 1. The van der Waals surface area contributed by atoms with E-state index in [-0.39, 0.29) is 19.0 Å². The number of halogens is 3. The molecule has 0 aromatic heterocycles. The molecule has 156 valence electrons. The minimum absolute atomic E-state index is 0.0486. The molecule has 0 saturated heterocycles. The van der Waals surface area contributed by atoms with Crippen LogP contribution in [0.15, 0.2) is 48.5 Å². The monoisotopic (exact) mass is 449 g/mol. The van der Waals surface area contributed by atoms with Crippen LogP contribution in [0.5, 0.6) is 23.0 Å². The third-order valence-corrected chi connectivity index (χ3v) is 5.33. The van der Waals surface area contributed by atoms with E-state index < -0.39 is 5.82 Å². The fraction of sp³-hybridized carbons (Fsp3) is 0.182. The van der Waals surface area contributed by atoms with Crippen LogP contribution >= 0.6 is 23.2 Å². The number of rotatable bonds is 7. The summed E-state index contributed by atoms with van der Waals surface area (Å²) in [5, 5.41) is 4.07. The molecular formula is C22H18Cl2FNO4. The Balaban J connectivity index is 1.48. The first-order chi connectivity index (χ1) is 14.5. The largest absolute Gasteiger partial charge is 0.493 e. The molecule has 0 fully saturated rings. The Bertz CT molecular complexity index is 1060. The molecule has 1 aliphatic rings. The lowest BCUT2D eigenvalue weighted by Crippen LogP contribution is -2.04. The normalized spacial score (nSPS) is 12.0. The first-order valence-electron chi connectivity index (χ1n) is 9.11. The Hall–Kier alpha value is -2.83. The van der Waals surface area contributed by atoms with Crippen LogP contribution in [0.4, 0.5) is 10.1 Å². The number of hydrogen-bond acceptors (Lipinski definition) is 5. The molecular weight excluding hydrogens is 432 g/mol. The molecule has 4 rings (SSSR count). The number of methoxy groups -OCH3 is 1. The van der Waals surface area contributed by atoms with E-state index in [0.717, 1.165) is 17.0 Å². The molecule has 0 bridgehead atoms. The first kappa shape index (κ1) is 20.4. The van der Waals surface area contributed by atoms with Gasteiger partial charge in [-0.15, -0.1) is 0 Å². The molecule has 1 heterocycles. The molecule has 1 aliphatic heterocycles. The molecule has 8 heteroatoms. The first-order valence-corrected chi connectivity index (χ1v) is 9.86. The molecule has 3 aromatic carbocycles. The van der Waals surface area contributed by atoms with Gasteiger partial charge >= 0.3 is 0 Å². The second-order valence-corrected chi connectivity index (χ2v) is 7.32. The quantitative estimate of drug-likeness (QED) is 0.474. The van der Waals surface area contributed by atoms with Gasteiger partial charge in [0.25, 0.3) is 0 Å². The van der Waals surface area contributed by atoms with Crippen molar-refractivity contribution in [3.8, 4) is 23.0 Å². The van der Waals surface area contributed by atoms with Crippen LogP contribution in [0.25, 0.3) is 0 Å². The van der Waals surface area contributed by atoms with Crippen LogP contribution in [0, 0.1) is 5.82 Å². The van der Waals surface area contributed by atoms with Gasteiger partial charge in [-0.2, -0.15) is 0 Å². The topological polar surface area (TPSA) is 49.0 Å². The Labute approximate surface area is 183 Å². The maximum Gasteiger partial charge on any atom is 0.231 e. The molecule has 0 radical (unpaired) electrons. The van der Waals surface area contributed by atoms with Crippen molar-refractivity contribution in [1.29, 1.82) is 0 Å². The predicted octanol–water partition coefficient (Wildman–Crippen LogP) is 6.06. The predicted molar refractivity (Wildman–Crippen MR) is 114 cm³/mol. The summed E-state index contributed by atoms with van der Waals surface area (Å²) in [5.41, 5.74) is 1.94. The average molecular weight is 450 g/mol. The average Bonchev–Trinajstić information content (AvgIpc) is 3.20. The maximum absolute atomic E-state index is 14.0. The number of benzene rings is 3. The Morgan fingerprint density at radius 1 is 1.00 bits per heavy atom. The van der Waals surface area contributed by atoms with Gasteiger partial charge < -0.3 is 24.3 Å². The van der Waals surface area contributed by atoms with Crippen LogP contribution in [-0.4, -0.2) is 13.9 Å². The van der Waals surface area contributed by atoms with Crippen LogP contribution in [-0.2, 0) is 13.2 Å². The van der Waals surface area contributed by atoms with Crippen molar-refractivity contribution in [2.45, 2.75) is 13.2 Å². The summed E-state index contributed by atoms with van der Waals surface area (Å²) >= 11 is 12.5. The van der Waals surface area contributed by atoms with E-state index in [4.69, 9.17) is 42.1 Å². The summed E-state index contributed by atoms with van der Waals surface area (Å²) in [6.07, 6.45) is 0. The highest BCUT2D eigenvalue weighted by Crippen LogP contribution is 2.36. The molecule has 0 unspecified atom stereocenters. The highest BCUT2D eigenvalue weighted by atomic mass is 35.5. The molecule has 0 spiro atoms. The third kappa shape index (κ3) is 4.35. The zero-order chi connectivity index (χ0) is 21.1. The Kier molecular flexibility index (Phi) is 6.06. The zero-order valence-electron chi connectivity index (χ0n) is 16.0. The van der Waals surface area contributed by atoms with E-state index in [1.807, 2.05) is 18.2 Å². The minimum atomic E-state index is -0.433. The maximum atomic E-state index is 14.0. The molecule has 0 saturated carbocycles. The number of anilines is 1. The van der Waals surface area contributed by atoms with Gasteiger partial charge in [-0.05, 0) is 35.9 Å². The molecule has 5 nitrogen and oxygen atoms in total. The van der Waals surface area contributed by atoms with E-state index in [1.54, 1.807) is 24.3 Å². The van der Waals surface area contributed by atoms with Gasteiger partial charge in [0.1, 0.15) is 12.4 Å². The van der Waals surface area contributed by atoms with E-state index in [9.17, 15) is 4.39 Å². The number of nitrogens with one attached hydrogen (secondary N) is 1. The van der Waals surface area contributed by atoms with Gasteiger partial charge in [-0.25, -0.2) is 4.39 Å². The summed E-state index contributed by atoms with van der Waals surface area (Å²) in [5.74, 6) is 1.86. The Morgan fingerprint density at radius 3 is 2.63 bits per heavy atom. The van der Waals surface area contributed by atoms with Crippen LogP contribution in [0.2, 0.25) is 10.0 Å². The van der Waals surface area contributed by atoms with Gasteiger partial charge in [-0.1, -0.05) is 29.3 Å². The van der Waals surface area contributed by atoms with E-state index in [1.165, 1.54) is 13.2 Å². The molecule has 0 atom stereocenters. The highest BCUT2D eigenvalue weighted by Gasteiger charge is 2.15. The van der Waals surface area contributed by atoms with Crippen molar-refractivity contribution in [2.75, 3.05) is 19.2 Å². The minimum Gasteiger partial charge on any atom is -0.493 e. The standard InChI is InChI=1S/C22H18Cl2FNO4/c1-27-20-7-13(10-26-14-5-6-19-21(8-14)30-12-29-19)17(24)9-22(20)28-11-15-16(23)3-2-4-18(15)25/h2-9,26H,10-12H2,1H3. The summed E-state index contributed by atoms with van der Waals surface area (Å²) in [6, 6.07) is 13.5. The van der Waals surface area contributed by atoms with Gasteiger partial charge in [0, 0.05) is 35.0 Å². The van der Waals surface area contributed by atoms with Crippen molar-refractivity contribution in [2.24, 2.45) is 0 Å². The van der Waals surface area contributed by atoms with Gasteiger partial charge in [0.05, 0.1) is 12.1 Å². The summed E-state index contributed by atoms with van der Waals surface area (Å²) in [4.78, 5) is 0. The van der Waals surface area contributed by atoms with Gasteiger partial charge in [0.15, 0.2) is 23.0 Å². The van der Waals surface area contributed by atoms with E-state index in [0.29, 0.717) is 33.8 Å². The second-order valence-electron chi connectivity index (χ2n) is 6.50. The van der Waals surface area contributed by atoms with Gasteiger partial charge in [-0.3, -0.25) is 0 Å². The van der Waals surface area contributed by atoms with Crippen molar-refractivity contribution in [3.63, 3.8) is 0 Å². The van der Waals surface area contributed by atoms with Crippen LogP contribution in [0.3, 0.4) is 0 Å². The fourth-order valence-electron chi connectivity index (χ4n) is 3.01. The lowest BCUT2D eigenvalue weighted by atomic mass is 10.1. The SMILES string of the molecule is COc1cc(CNc2ccc3c(c2)OCO3)c(Cl)cc1OCc1c(F)cccc1Cl. The molecule has 30 heavy (non-hydrogen) atoms. The zero-order valence-corrected chi connectivity index (χ0v) is 17.5. The molecule has 0 aliphatic carbocycles. The molecule has 1 N–H and O–H groups in total. The van der Waals surface area contributed by atoms with E-state index >= 15 is 0 Å². The van der Waals surface area contributed by atoms with Crippen molar-refractivity contribution in [1.82, 2.24) is 0 Å². The lowest BCUT2D eigenvalue weighted by Gasteiger charge is -2.15. The summed E-state index contributed by atoms with van der Waals surface area (Å²) < 4.78 is 35.8. The number of ether oxygens (including phenoxy) is 4. The second kappa shape index (κ2) is 8.90. The van der Waals surface area contributed by atoms with Crippen molar-refractivity contribution < 1.29 is 23.3 Å². The van der Waals surface area contributed by atoms with Crippen molar-refractivity contribution >= 4 is 28.9 Å². The number of fused-ring (bicyclic) bond motifs is 1. The molecule has 0 amide bonds. The summed E-state index contributed by atoms with van der Waals surface area (Å²) in [6.45, 7) is 0.628.